The average Bonchev–Trinajstić information content (AvgIpc) is 2.55. The third-order valence-corrected chi connectivity index (χ3v) is 5.13. The lowest BCUT2D eigenvalue weighted by Crippen LogP contribution is -2.30. The normalized spacial score (nSPS) is 11.1. The van der Waals surface area contributed by atoms with Crippen LogP contribution in [0.4, 0.5) is 5.69 Å². The summed E-state index contributed by atoms with van der Waals surface area (Å²) in [6.45, 7) is 6.94. The molecule has 0 spiro atoms. The lowest BCUT2D eigenvalue weighted by atomic mass is 10.2. The van der Waals surface area contributed by atoms with Crippen LogP contribution in [-0.2, 0) is 10.0 Å². The zero-order valence-electron chi connectivity index (χ0n) is 14.1. The number of carbonyl (C=O) groups is 1. The van der Waals surface area contributed by atoms with Crippen LogP contribution in [0.5, 0.6) is 0 Å². The van der Waals surface area contributed by atoms with E-state index < -0.39 is 10.0 Å². The van der Waals surface area contributed by atoms with Crippen molar-refractivity contribution in [3.05, 3.63) is 59.7 Å². The van der Waals surface area contributed by atoms with Gasteiger partial charge in [0.2, 0.25) is 0 Å². The number of hydrogen-bond acceptors (Lipinski definition) is 3. The highest BCUT2D eigenvalue weighted by molar-refractivity contribution is 7.92. The molecule has 0 bridgehead atoms. The molecule has 0 saturated carbocycles. The van der Waals surface area contributed by atoms with E-state index in [4.69, 9.17) is 0 Å². The van der Waals surface area contributed by atoms with Crippen LogP contribution >= 0.6 is 0 Å². The van der Waals surface area contributed by atoms with E-state index in [-0.39, 0.29) is 10.8 Å². The van der Waals surface area contributed by atoms with Gasteiger partial charge in [0.05, 0.1) is 4.90 Å². The maximum Gasteiger partial charge on any atom is 0.261 e. The lowest BCUT2D eigenvalue weighted by molar-refractivity contribution is 0.0773. The number of sulfonamides is 1. The summed E-state index contributed by atoms with van der Waals surface area (Å²) in [4.78, 5) is 14.1. The van der Waals surface area contributed by atoms with Gasteiger partial charge in [0.15, 0.2) is 0 Å². The number of anilines is 1. The number of aryl methyl sites for hydroxylation is 1. The molecule has 0 unspecified atom stereocenters. The Morgan fingerprint density at radius 1 is 1.04 bits per heavy atom. The summed E-state index contributed by atoms with van der Waals surface area (Å²) >= 11 is 0. The van der Waals surface area contributed by atoms with Gasteiger partial charge in [-0.25, -0.2) is 8.42 Å². The fourth-order valence-corrected chi connectivity index (χ4v) is 3.44. The van der Waals surface area contributed by atoms with E-state index in [1.54, 1.807) is 35.2 Å². The van der Waals surface area contributed by atoms with Crippen molar-refractivity contribution in [2.75, 3.05) is 17.8 Å². The maximum absolute atomic E-state index is 12.4. The minimum atomic E-state index is -3.68. The number of benzene rings is 2. The average molecular weight is 346 g/mol. The topological polar surface area (TPSA) is 66.5 Å². The van der Waals surface area contributed by atoms with Crippen molar-refractivity contribution in [1.82, 2.24) is 4.90 Å². The Morgan fingerprint density at radius 3 is 2.21 bits per heavy atom. The first kappa shape index (κ1) is 18.0. The zero-order chi connectivity index (χ0) is 17.7. The van der Waals surface area contributed by atoms with E-state index in [0.717, 1.165) is 5.56 Å². The smallest absolute Gasteiger partial charge is 0.261 e. The Balaban J connectivity index is 2.21. The molecule has 0 aromatic heterocycles. The van der Waals surface area contributed by atoms with Gasteiger partial charge in [-0.15, -0.1) is 0 Å². The Hall–Kier alpha value is -2.34. The predicted molar refractivity (Wildman–Crippen MR) is 95.7 cm³/mol. The molecule has 0 heterocycles. The second-order valence-corrected chi connectivity index (χ2v) is 7.16. The SMILES string of the molecule is CCN(CC)C(=O)c1ccc(S(=O)(=O)Nc2cccc(C)c2)cc1. The van der Waals surface area contributed by atoms with Crippen LogP contribution < -0.4 is 4.72 Å². The molecule has 1 amide bonds. The van der Waals surface area contributed by atoms with Crippen LogP contribution in [0.2, 0.25) is 0 Å². The first-order valence-corrected chi connectivity index (χ1v) is 9.34. The molecule has 0 aliphatic rings. The van der Waals surface area contributed by atoms with Crippen molar-refractivity contribution in [1.29, 1.82) is 0 Å². The van der Waals surface area contributed by atoms with E-state index in [1.807, 2.05) is 26.8 Å². The molecule has 5 nitrogen and oxygen atoms in total. The number of amides is 1. The van der Waals surface area contributed by atoms with E-state index in [9.17, 15) is 13.2 Å². The van der Waals surface area contributed by atoms with Crippen molar-refractivity contribution in [2.24, 2.45) is 0 Å². The van der Waals surface area contributed by atoms with Gasteiger partial charge in [0.25, 0.3) is 15.9 Å². The molecule has 0 atom stereocenters. The number of carbonyl (C=O) groups excluding carboxylic acids is 1. The molecule has 24 heavy (non-hydrogen) atoms. The highest BCUT2D eigenvalue weighted by Gasteiger charge is 2.17. The predicted octanol–water partition coefficient (Wildman–Crippen LogP) is 3.28. The number of hydrogen-bond donors (Lipinski definition) is 1. The van der Waals surface area contributed by atoms with Crippen LogP contribution in [0.3, 0.4) is 0 Å². The first-order valence-electron chi connectivity index (χ1n) is 7.86. The van der Waals surface area contributed by atoms with Crippen LogP contribution in [-0.4, -0.2) is 32.3 Å². The molecular weight excluding hydrogens is 324 g/mol. The summed E-state index contributed by atoms with van der Waals surface area (Å²) in [6.07, 6.45) is 0. The summed E-state index contributed by atoms with van der Waals surface area (Å²) in [7, 11) is -3.68. The molecule has 1 N–H and O–H groups in total. The zero-order valence-corrected chi connectivity index (χ0v) is 14.9. The molecule has 0 aliphatic heterocycles. The molecule has 0 aliphatic carbocycles. The van der Waals surface area contributed by atoms with Crippen LogP contribution in [0.15, 0.2) is 53.4 Å². The van der Waals surface area contributed by atoms with Gasteiger partial charge in [-0.05, 0) is 62.7 Å². The van der Waals surface area contributed by atoms with Crippen molar-refractivity contribution >= 4 is 21.6 Å². The fraction of sp³-hybridized carbons (Fsp3) is 0.278. The van der Waals surface area contributed by atoms with Gasteiger partial charge < -0.3 is 4.90 Å². The quantitative estimate of drug-likeness (QED) is 0.873. The van der Waals surface area contributed by atoms with Crippen LogP contribution in [0.1, 0.15) is 29.8 Å². The molecule has 2 rings (SSSR count). The largest absolute Gasteiger partial charge is 0.339 e. The summed E-state index contributed by atoms with van der Waals surface area (Å²) in [5.74, 6) is -0.101. The lowest BCUT2D eigenvalue weighted by Gasteiger charge is -2.18. The molecule has 0 radical (unpaired) electrons. The minimum absolute atomic E-state index is 0.101. The highest BCUT2D eigenvalue weighted by Crippen LogP contribution is 2.18. The Bertz CT molecular complexity index is 810. The van der Waals surface area contributed by atoms with E-state index in [2.05, 4.69) is 4.72 Å². The second-order valence-electron chi connectivity index (χ2n) is 5.48. The van der Waals surface area contributed by atoms with Crippen molar-refractivity contribution in [2.45, 2.75) is 25.7 Å². The van der Waals surface area contributed by atoms with Crippen molar-refractivity contribution < 1.29 is 13.2 Å². The summed E-state index contributed by atoms with van der Waals surface area (Å²) in [5, 5.41) is 0. The van der Waals surface area contributed by atoms with E-state index in [1.165, 1.54) is 12.1 Å². The molecule has 2 aromatic carbocycles. The highest BCUT2D eigenvalue weighted by atomic mass is 32.2. The molecule has 2 aromatic rings. The molecule has 0 fully saturated rings. The van der Waals surface area contributed by atoms with Gasteiger partial charge in [-0.1, -0.05) is 12.1 Å². The molecular formula is C18H22N2O3S. The maximum atomic E-state index is 12.4. The van der Waals surface area contributed by atoms with Crippen molar-refractivity contribution in [3.8, 4) is 0 Å². The third-order valence-electron chi connectivity index (χ3n) is 3.73. The van der Waals surface area contributed by atoms with Gasteiger partial charge in [0.1, 0.15) is 0 Å². The van der Waals surface area contributed by atoms with Crippen LogP contribution in [0.25, 0.3) is 0 Å². The van der Waals surface area contributed by atoms with E-state index in [0.29, 0.717) is 24.3 Å². The monoisotopic (exact) mass is 346 g/mol. The Kier molecular flexibility index (Phi) is 5.62. The fourth-order valence-electron chi connectivity index (χ4n) is 2.39. The molecule has 128 valence electrons. The standard InChI is InChI=1S/C18H22N2O3S/c1-4-20(5-2)18(21)15-9-11-17(12-10-15)24(22,23)19-16-8-6-7-14(3)13-16/h6-13,19H,4-5H2,1-3H3. The summed E-state index contributed by atoms with van der Waals surface area (Å²) in [5.41, 5.74) is 1.96. The Labute approximate surface area is 143 Å². The first-order chi connectivity index (χ1) is 11.4. The molecule has 0 saturated heterocycles. The summed E-state index contributed by atoms with van der Waals surface area (Å²) in [6, 6.07) is 13.1. The van der Waals surface area contributed by atoms with Gasteiger partial charge in [-0.3, -0.25) is 9.52 Å². The van der Waals surface area contributed by atoms with Crippen molar-refractivity contribution in [3.63, 3.8) is 0 Å². The van der Waals surface area contributed by atoms with Gasteiger partial charge in [0, 0.05) is 24.3 Å². The number of nitrogens with zero attached hydrogens (tertiary/aromatic N) is 1. The summed E-state index contributed by atoms with van der Waals surface area (Å²) < 4.78 is 27.4. The minimum Gasteiger partial charge on any atom is -0.339 e. The van der Waals surface area contributed by atoms with Gasteiger partial charge >= 0.3 is 0 Å². The number of rotatable bonds is 6. The number of nitrogens with one attached hydrogen (secondary N) is 1. The van der Waals surface area contributed by atoms with Crippen LogP contribution in [0, 0.1) is 6.92 Å². The third kappa shape index (κ3) is 4.14. The second kappa shape index (κ2) is 7.49. The van der Waals surface area contributed by atoms with Gasteiger partial charge in [-0.2, -0.15) is 0 Å². The van der Waals surface area contributed by atoms with E-state index >= 15 is 0 Å². The molecule has 6 heteroatoms. The Morgan fingerprint density at radius 2 is 1.67 bits per heavy atom.